The summed E-state index contributed by atoms with van der Waals surface area (Å²) in [5.74, 6) is 0.543. The fourth-order valence-corrected chi connectivity index (χ4v) is 1.26. The van der Waals surface area contributed by atoms with Gasteiger partial charge in [0.05, 0.1) is 11.0 Å². The van der Waals surface area contributed by atoms with E-state index in [1.807, 2.05) is 19.1 Å². The number of nitrogens with one attached hydrogen (secondary N) is 1. The maximum Gasteiger partial charge on any atom is 0.277 e. The van der Waals surface area contributed by atoms with E-state index in [9.17, 15) is 10.1 Å². The van der Waals surface area contributed by atoms with Crippen LogP contribution in [-0.4, -0.2) is 16.5 Å². The highest BCUT2D eigenvalue weighted by atomic mass is 16.6. The van der Waals surface area contributed by atoms with Crippen LogP contribution >= 0.6 is 0 Å². The zero-order valence-electron chi connectivity index (χ0n) is 9.43. The molecule has 0 aliphatic rings. The number of aromatic nitrogens is 1. The van der Waals surface area contributed by atoms with Crippen molar-refractivity contribution in [3.8, 4) is 0 Å². The number of nitrogens with zero attached hydrogens (tertiary/aromatic N) is 2. The molecule has 16 heavy (non-hydrogen) atoms. The van der Waals surface area contributed by atoms with Crippen LogP contribution in [0.15, 0.2) is 24.4 Å². The van der Waals surface area contributed by atoms with E-state index < -0.39 is 4.92 Å². The molecule has 1 rings (SSSR count). The zero-order valence-corrected chi connectivity index (χ0v) is 9.43. The van der Waals surface area contributed by atoms with Gasteiger partial charge in [-0.3, -0.25) is 10.1 Å². The lowest BCUT2D eigenvalue weighted by atomic mass is 10.2. The molecule has 0 spiro atoms. The summed E-state index contributed by atoms with van der Waals surface area (Å²) in [6.07, 6.45) is 6.37. The van der Waals surface area contributed by atoms with Crippen molar-refractivity contribution >= 4 is 11.5 Å². The van der Waals surface area contributed by atoms with Crippen LogP contribution in [0.3, 0.4) is 0 Å². The molecule has 1 heterocycles. The Morgan fingerprint density at radius 1 is 1.62 bits per heavy atom. The van der Waals surface area contributed by atoms with E-state index in [4.69, 9.17) is 0 Å². The molecule has 0 saturated heterocycles. The van der Waals surface area contributed by atoms with E-state index in [1.165, 1.54) is 12.3 Å². The van der Waals surface area contributed by atoms with Gasteiger partial charge in [-0.1, -0.05) is 12.2 Å². The molecule has 86 valence electrons. The summed E-state index contributed by atoms with van der Waals surface area (Å²) in [6, 6.07) is 1.46. The molecule has 1 N–H and O–H groups in total. The van der Waals surface area contributed by atoms with Crippen molar-refractivity contribution in [1.82, 2.24) is 4.98 Å². The third kappa shape index (κ3) is 3.34. The predicted octanol–water partition coefficient (Wildman–Crippen LogP) is 2.68. The standard InChI is InChI=1S/C11H15N3O2/c1-3-4-5-6-12-11-7-10(14(15)16)9(2)8-13-11/h3-4,7-8H,5-6H2,1-2H3,(H,12,13)/b4-3+. The van der Waals surface area contributed by atoms with E-state index in [1.54, 1.807) is 6.92 Å². The molecule has 1 aromatic heterocycles. The quantitative estimate of drug-likeness (QED) is 0.359. The Morgan fingerprint density at radius 3 is 3.00 bits per heavy atom. The predicted molar refractivity (Wildman–Crippen MR) is 63.5 cm³/mol. The normalized spacial score (nSPS) is 10.6. The van der Waals surface area contributed by atoms with Crippen molar-refractivity contribution in [3.05, 3.63) is 40.1 Å². The van der Waals surface area contributed by atoms with Gasteiger partial charge >= 0.3 is 0 Å². The number of hydrogen-bond donors (Lipinski definition) is 1. The Bertz CT molecular complexity index is 402. The minimum absolute atomic E-state index is 0.100. The van der Waals surface area contributed by atoms with Gasteiger partial charge in [0, 0.05) is 18.3 Å². The smallest absolute Gasteiger partial charge is 0.277 e. The van der Waals surface area contributed by atoms with Gasteiger partial charge in [-0.2, -0.15) is 0 Å². The van der Waals surface area contributed by atoms with Crippen LogP contribution in [0, 0.1) is 17.0 Å². The number of aryl methyl sites for hydroxylation is 1. The van der Waals surface area contributed by atoms with Gasteiger partial charge in [0.15, 0.2) is 0 Å². The summed E-state index contributed by atoms with van der Waals surface area (Å²) in [6.45, 7) is 4.35. The second-order valence-corrected chi connectivity index (χ2v) is 3.40. The summed E-state index contributed by atoms with van der Waals surface area (Å²) in [5.41, 5.74) is 0.674. The van der Waals surface area contributed by atoms with Gasteiger partial charge in [-0.15, -0.1) is 0 Å². The number of nitro groups is 1. The Balaban J connectivity index is 2.67. The number of pyridine rings is 1. The van der Waals surface area contributed by atoms with Crippen LogP contribution in [0.25, 0.3) is 0 Å². The van der Waals surface area contributed by atoms with Gasteiger partial charge in [0.25, 0.3) is 5.69 Å². The van der Waals surface area contributed by atoms with Crippen molar-refractivity contribution in [2.24, 2.45) is 0 Å². The highest BCUT2D eigenvalue weighted by Gasteiger charge is 2.11. The number of hydrogen-bond acceptors (Lipinski definition) is 4. The maximum absolute atomic E-state index is 10.7. The maximum atomic E-state index is 10.7. The molecule has 5 nitrogen and oxygen atoms in total. The van der Waals surface area contributed by atoms with E-state index in [0.717, 1.165) is 13.0 Å². The molecule has 0 aliphatic heterocycles. The Hall–Kier alpha value is -1.91. The first-order valence-electron chi connectivity index (χ1n) is 5.11. The fraction of sp³-hybridized carbons (Fsp3) is 0.364. The zero-order chi connectivity index (χ0) is 12.0. The molecule has 0 atom stereocenters. The lowest BCUT2D eigenvalue weighted by molar-refractivity contribution is -0.385. The van der Waals surface area contributed by atoms with Gasteiger partial charge in [0.2, 0.25) is 0 Å². The van der Waals surface area contributed by atoms with Gasteiger partial charge in [0.1, 0.15) is 5.82 Å². The van der Waals surface area contributed by atoms with Crippen LogP contribution < -0.4 is 5.32 Å². The van der Waals surface area contributed by atoms with Crippen LogP contribution in [0.2, 0.25) is 0 Å². The first-order chi connectivity index (χ1) is 7.65. The largest absolute Gasteiger partial charge is 0.370 e. The first kappa shape index (κ1) is 12.2. The first-order valence-corrected chi connectivity index (χ1v) is 5.11. The molecule has 5 heteroatoms. The topological polar surface area (TPSA) is 68.1 Å². The SMILES string of the molecule is C/C=C/CCNc1cc([N+](=O)[O-])c(C)cn1. The summed E-state index contributed by atoms with van der Waals surface area (Å²) in [5, 5.41) is 13.7. The average Bonchev–Trinajstić information content (AvgIpc) is 2.26. The lowest BCUT2D eigenvalue weighted by Crippen LogP contribution is -2.03. The molecule has 0 fully saturated rings. The number of anilines is 1. The fourth-order valence-electron chi connectivity index (χ4n) is 1.26. The molecule has 0 bridgehead atoms. The minimum Gasteiger partial charge on any atom is -0.370 e. The third-order valence-electron chi connectivity index (χ3n) is 2.12. The van der Waals surface area contributed by atoms with E-state index in [0.29, 0.717) is 11.4 Å². The molecule has 0 unspecified atom stereocenters. The lowest BCUT2D eigenvalue weighted by Gasteiger charge is -2.04. The molecule has 1 aromatic rings. The summed E-state index contributed by atoms with van der Waals surface area (Å²) in [4.78, 5) is 14.4. The summed E-state index contributed by atoms with van der Waals surface area (Å²) >= 11 is 0. The average molecular weight is 221 g/mol. The van der Waals surface area contributed by atoms with Crippen molar-refractivity contribution in [2.75, 3.05) is 11.9 Å². The monoisotopic (exact) mass is 221 g/mol. The van der Waals surface area contributed by atoms with E-state index >= 15 is 0 Å². The summed E-state index contributed by atoms with van der Waals surface area (Å²) in [7, 11) is 0. The van der Waals surface area contributed by atoms with Crippen LogP contribution in [0.1, 0.15) is 18.9 Å². The van der Waals surface area contributed by atoms with Crippen molar-refractivity contribution in [1.29, 1.82) is 0 Å². The van der Waals surface area contributed by atoms with Gasteiger partial charge in [-0.05, 0) is 20.3 Å². The highest BCUT2D eigenvalue weighted by Crippen LogP contribution is 2.19. The van der Waals surface area contributed by atoms with Crippen molar-refractivity contribution in [3.63, 3.8) is 0 Å². The van der Waals surface area contributed by atoms with Crippen LogP contribution in [0.5, 0.6) is 0 Å². The molecule has 0 aromatic carbocycles. The minimum atomic E-state index is -0.395. The second kappa shape index (κ2) is 5.85. The Kier molecular flexibility index (Phi) is 4.44. The van der Waals surface area contributed by atoms with E-state index in [-0.39, 0.29) is 5.69 Å². The molecule has 0 radical (unpaired) electrons. The van der Waals surface area contributed by atoms with Crippen molar-refractivity contribution < 1.29 is 4.92 Å². The molecule has 0 saturated carbocycles. The molecular formula is C11H15N3O2. The van der Waals surface area contributed by atoms with Gasteiger partial charge in [-0.25, -0.2) is 4.98 Å². The van der Waals surface area contributed by atoms with Crippen LogP contribution in [0.4, 0.5) is 11.5 Å². The second-order valence-electron chi connectivity index (χ2n) is 3.40. The summed E-state index contributed by atoms with van der Waals surface area (Å²) < 4.78 is 0. The Labute approximate surface area is 94.4 Å². The third-order valence-corrected chi connectivity index (χ3v) is 2.12. The Morgan fingerprint density at radius 2 is 2.38 bits per heavy atom. The molecular weight excluding hydrogens is 206 g/mol. The number of rotatable bonds is 5. The van der Waals surface area contributed by atoms with E-state index in [2.05, 4.69) is 10.3 Å². The molecule has 0 aliphatic carbocycles. The molecule has 0 amide bonds. The van der Waals surface area contributed by atoms with Gasteiger partial charge < -0.3 is 5.32 Å². The van der Waals surface area contributed by atoms with Crippen molar-refractivity contribution in [2.45, 2.75) is 20.3 Å². The number of allylic oxidation sites excluding steroid dienone is 1. The highest BCUT2D eigenvalue weighted by molar-refractivity contribution is 5.48. The van der Waals surface area contributed by atoms with Crippen LogP contribution in [-0.2, 0) is 0 Å².